The number of fused-ring (bicyclic) bond motifs is 3. The van der Waals surface area contributed by atoms with Crippen LogP contribution >= 0.6 is 0 Å². The van der Waals surface area contributed by atoms with Crippen molar-refractivity contribution in [2.75, 3.05) is 0 Å². The zero-order valence-electron chi connectivity index (χ0n) is 18.3. The minimum Gasteiger partial charge on any atom is -0.0686 e. The molecular formula is C31H26. The van der Waals surface area contributed by atoms with Crippen molar-refractivity contribution < 1.29 is 0 Å². The van der Waals surface area contributed by atoms with Crippen LogP contribution in [0.4, 0.5) is 0 Å². The van der Waals surface area contributed by atoms with E-state index in [9.17, 15) is 0 Å². The van der Waals surface area contributed by atoms with E-state index in [1.807, 2.05) is 0 Å². The molecule has 0 bridgehead atoms. The van der Waals surface area contributed by atoms with Crippen LogP contribution in [0.15, 0.2) is 119 Å². The molecule has 1 unspecified atom stereocenters. The van der Waals surface area contributed by atoms with Gasteiger partial charge in [-0.1, -0.05) is 103 Å². The fourth-order valence-corrected chi connectivity index (χ4v) is 6.07. The second kappa shape index (κ2) is 6.56. The van der Waals surface area contributed by atoms with Crippen molar-refractivity contribution in [2.24, 2.45) is 0 Å². The molecule has 150 valence electrons. The van der Waals surface area contributed by atoms with E-state index in [1.54, 1.807) is 0 Å². The van der Waals surface area contributed by atoms with Crippen LogP contribution in [0.3, 0.4) is 0 Å². The molecule has 0 fully saturated rings. The highest BCUT2D eigenvalue weighted by Crippen LogP contribution is 2.59. The topological polar surface area (TPSA) is 0 Å². The molecule has 3 aliphatic rings. The molecule has 31 heavy (non-hydrogen) atoms. The molecule has 0 aromatic heterocycles. The van der Waals surface area contributed by atoms with Gasteiger partial charge in [-0.25, -0.2) is 0 Å². The van der Waals surface area contributed by atoms with Gasteiger partial charge in [-0.2, -0.15) is 0 Å². The molecular weight excluding hydrogens is 372 g/mol. The average Bonchev–Trinajstić information content (AvgIpc) is 3.29. The van der Waals surface area contributed by atoms with E-state index >= 15 is 0 Å². The summed E-state index contributed by atoms with van der Waals surface area (Å²) in [6.45, 7) is 6.83. The summed E-state index contributed by atoms with van der Waals surface area (Å²) in [4.78, 5) is 0. The predicted molar refractivity (Wildman–Crippen MR) is 132 cm³/mol. The van der Waals surface area contributed by atoms with Crippen molar-refractivity contribution in [2.45, 2.75) is 32.1 Å². The molecule has 6 rings (SSSR count). The summed E-state index contributed by atoms with van der Waals surface area (Å²) < 4.78 is 0. The monoisotopic (exact) mass is 398 g/mol. The Hall–Kier alpha value is -3.38. The lowest BCUT2D eigenvalue weighted by atomic mass is 9.58. The van der Waals surface area contributed by atoms with E-state index in [-0.39, 0.29) is 11.3 Å². The van der Waals surface area contributed by atoms with Crippen molar-refractivity contribution in [3.8, 4) is 0 Å². The maximum absolute atomic E-state index is 2.47. The van der Waals surface area contributed by atoms with E-state index in [0.29, 0.717) is 0 Å². The maximum atomic E-state index is 2.47. The minimum absolute atomic E-state index is 0.239. The van der Waals surface area contributed by atoms with E-state index < -0.39 is 0 Å². The van der Waals surface area contributed by atoms with Crippen LogP contribution in [0.25, 0.3) is 16.8 Å². The van der Waals surface area contributed by atoms with Crippen LogP contribution in [0.2, 0.25) is 0 Å². The van der Waals surface area contributed by atoms with Gasteiger partial charge in [-0.15, -0.1) is 0 Å². The summed E-state index contributed by atoms with van der Waals surface area (Å²) >= 11 is 0. The normalized spacial score (nSPS) is 24.1. The van der Waals surface area contributed by atoms with Crippen molar-refractivity contribution in [3.63, 3.8) is 0 Å². The average molecular weight is 399 g/mol. The number of benzene rings is 3. The Balaban J connectivity index is 1.72. The second-order valence-corrected chi connectivity index (χ2v) is 9.15. The van der Waals surface area contributed by atoms with Crippen LogP contribution in [0.5, 0.6) is 0 Å². The number of allylic oxidation sites excluding steroid dienone is 9. The first-order valence-corrected chi connectivity index (χ1v) is 11.2. The van der Waals surface area contributed by atoms with Crippen molar-refractivity contribution >= 4 is 16.8 Å². The Morgan fingerprint density at radius 1 is 0.774 bits per heavy atom. The highest BCUT2D eigenvalue weighted by Gasteiger charge is 2.49. The van der Waals surface area contributed by atoms with Gasteiger partial charge in [0.15, 0.2) is 0 Å². The first-order valence-electron chi connectivity index (χ1n) is 11.2. The molecule has 0 heterocycles. The first-order chi connectivity index (χ1) is 15.1. The zero-order valence-corrected chi connectivity index (χ0v) is 18.3. The molecule has 3 aromatic carbocycles. The summed E-state index contributed by atoms with van der Waals surface area (Å²) in [5.41, 5.74) is 11.0. The Morgan fingerprint density at radius 3 is 2.45 bits per heavy atom. The molecule has 3 aromatic rings. The molecule has 0 saturated heterocycles. The summed E-state index contributed by atoms with van der Waals surface area (Å²) in [5.74, 6) is 0.277. The minimum atomic E-state index is -0.239. The van der Waals surface area contributed by atoms with Gasteiger partial charge in [0.25, 0.3) is 0 Å². The van der Waals surface area contributed by atoms with Gasteiger partial charge in [0.1, 0.15) is 0 Å². The summed E-state index contributed by atoms with van der Waals surface area (Å²) in [5, 5.41) is 2.65. The molecule has 2 atom stereocenters. The molecule has 0 nitrogen and oxygen atoms in total. The predicted octanol–water partition coefficient (Wildman–Crippen LogP) is 8.05. The van der Waals surface area contributed by atoms with Crippen LogP contribution in [-0.2, 0) is 5.41 Å². The van der Waals surface area contributed by atoms with Crippen LogP contribution in [0.1, 0.15) is 43.4 Å². The highest BCUT2D eigenvalue weighted by atomic mass is 14.5. The maximum Gasteiger partial charge on any atom is 0.0503 e. The van der Waals surface area contributed by atoms with E-state index in [2.05, 4.69) is 118 Å². The van der Waals surface area contributed by atoms with Crippen LogP contribution in [-0.4, -0.2) is 0 Å². The molecule has 0 saturated carbocycles. The number of hydrogen-bond acceptors (Lipinski definition) is 0. The van der Waals surface area contributed by atoms with Gasteiger partial charge in [-0.3, -0.25) is 0 Å². The van der Waals surface area contributed by atoms with Crippen LogP contribution in [0, 0.1) is 0 Å². The summed E-state index contributed by atoms with van der Waals surface area (Å²) in [7, 11) is 0. The van der Waals surface area contributed by atoms with Gasteiger partial charge < -0.3 is 0 Å². The Kier molecular flexibility index (Phi) is 3.89. The highest BCUT2D eigenvalue weighted by molar-refractivity contribution is 5.90. The Bertz CT molecular complexity index is 1400. The first kappa shape index (κ1) is 18.4. The lowest BCUT2D eigenvalue weighted by Gasteiger charge is -2.43. The third-order valence-electron chi connectivity index (χ3n) is 7.55. The summed E-state index contributed by atoms with van der Waals surface area (Å²) in [6.07, 6.45) is 11.9. The Morgan fingerprint density at radius 2 is 1.55 bits per heavy atom. The van der Waals surface area contributed by atoms with E-state index in [4.69, 9.17) is 0 Å². The smallest absolute Gasteiger partial charge is 0.0503 e. The lowest BCUT2D eigenvalue weighted by molar-refractivity contribution is 0.553. The van der Waals surface area contributed by atoms with Gasteiger partial charge in [0, 0.05) is 5.92 Å². The third-order valence-corrected chi connectivity index (χ3v) is 7.55. The number of hydrogen-bond donors (Lipinski definition) is 0. The second-order valence-electron chi connectivity index (χ2n) is 9.15. The fourth-order valence-electron chi connectivity index (χ4n) is 6.07. The quantitative estimate of drug-likeness (QED) is 0.409. The Labute approximate surface area is 184 Å². The van der Waals surface area contributed by atoms with E-state index in [0.717, 1.165) is 0 Å². The zero-order chi connectivity index (χ0) is 21.2. The van der Waals surface area contributed by atoms with Gasteiger partial charge >= 0.3 is 0 Å². The van der Waals surface area contributed by atoms with Gasteiger partial charge in [-0.05, 0) is 70.5 Å². The third kappa shape index (κ3) is 2.42. The molecule has 0 amide bonds. The van der Waals surface area contributed by atoms with E-state index in [1.165, 1.54) is 55.3 Å². The fraction of sp³-hybridized carbons (Fsp3) is 0.161. The van der Waals surface area contributed by atoms with Gasteiger partial charge in [0.05, 0.1) is 5.41 Å². The van der Waals surface area contributed by atoms with Crippen LogP contribution < -0.4 is 0 Å². The molecule has 0 radical (unpaired) electrons. The standard InChI is InChI=1S/C31H26/c1-20-19-29-25(22(20)3)15-9-17-31(29,28-16-8-12-23-10-4-6-13-26(23)28)30-21(2)18-24-11-5-7-14-27(24)30/h4-19,30H,1-3H3/t30-,31?/m1/s1. The van der Waals surface area contributed by atoms with Crippen molar-refractivity contribution in [3.05, 3.63) is 136 Å². The summed E-state index contributed by atoms with van der Waals surface area (Å²) in [6, 6.07) is 24.6. The molecule has 3 aliphatic carbocycles. The number of rotatable bonds is 2. The lowest BCUT2D eigenvalue weighted by Crippen LogP contribution is -2.36. The SMILES string of the molecule is CC1=Cc2ccccc2[C@@H]1C1(c2cccc3ccccc23)C=CC=C2C1=CC(C)=C2C. The molecule has 0 heteroatoms. The molecule has 0 spiro atoms. The van der Waals surface area contributed by atoms with Crippen molar-refractivity contribution in [1.29, 1.82) is 0 Å². The largest absolute Gasteiger partial charge is 0.0686 e. The molecule has 0 aliphatic heterocycles. The van der Waals surface area contributed by atoms with Crippen molar-refractivity contribution in [1.82, 2.24) is 0 Å². The van der Waals surface area contributed by atoms with Gasteiger partial charge in [0.2, 0.25) is 0 Å². The molecule has 0 N–H and O–H groups in total.